The van der Waals surface area contributed by atoms with Crippen LogP contribution in [0, 0.1) is 0 Å². The Balaban J connectivity index is 1.94. The third-order valence-corrected chi connectivity index (χ3v) is 3.58. The van der Waals surface area contributed by atoms with Crippen LogP contribution < -0.4 is 5.32 Å². The number of carbonyl (C=O) groups excluding carboxylic acids is 1. The van der Waals surface area contributed by atoms with Crippen molar-refractivity contribution in [2.75, 3.05) is 11.9 Å². The van der Waals surface area contributed by atoms with E-state index < -0.39 is 12.0 Å². The van der Waals surface area contributed by atoms with Crippen LogP contribution >= 0.6 is 11.6 Å². The molecule has 0 aliphatic heterocycles. The Morgan fingerprint density at radius 3 is 2.50 bits per heavy atom. The lowest BCUT2D eigenvalue weighted by atomic mass is 10.2. The first-order valence-electron chi connectivity index (χ1n) is 6.51. The molecule has 2 rings (SSSR count). The molecule has 0 spiro atoms. The number of hydrogen-bond acceptors (Lipinski definition) is 3. The Morgan fingerprint density at radius 2 is 2.00 bits per heavy atom. The number of rotatable bonds is 6. The molecule has 1 fully saturated rings. The van der Waals surface area contributed by atoms with Crippen LogP contribution in [0.15, 0.2) is 24.3 Å². The summed E-state index contributed by atoms with van der Waals surface area (Å²) in [6.07, 6.45) is 1.90. The van der Waals surface area contributed by atoms with Gasteiger partial charge in [0.2, 0.25) is 5.91 Å². The maximum atomic E-state index is 12.0. The topological polar surface area (TPSA) is 69.6 Å². The number of aliphatic carboxylic acids is 1. The lowest BCUT2D eigenvalue weighted by Gasteiger charge is -2.25. The van der Waals surface area contributed by atoms with Crippen LogP contribution in [0.25, 0.3) is 0 Å². The molecule has 0 bridgehead atoms. The van der Waals surface area contributed by atoms with Gasteiger partial charge in [-0.1, -0.05) is 11.6 Å². The summed E-state index contributed by atoms with van der Waals surface area (Å²) in [7, 11) is 0. The molecule has 1 unspecified atom stereocenters. The second-order valence-corrected chi connectivity index (χ2v) is 5.41. The zero-order chi connectivity index (χ0) is 14.7. The number of nitrogens with one attached hydrogen (secondary N) is 1. The van der Waals surface area contributed by atoms with Gasteiger partial charge in [0.05, 0.1) is 6.54 Å². The molecular weight excluding hydrogens is 280 g/mol. The molecule has 1 aromatic carbocycles. The van der Waals surface area contributed by atoms with Crippen molar-refractivity contribution in [2.45, 2.75) is 31.8 Å². The highest BCUT2D eigenvalue weighted by atomic mass is 35.5. The minimum atomic E-state index is -0.906. The first-order chi connectivity index (χ1) is 9.47. The highest BCUT2D eigenvalue weighted by Gasteiger charge is 2.36. The lowest BCUT2D eigenvalue weighted by Crippen LogP contribution is -2.44. The van der Waals surface area contributed by atoms with Crippen molar-refractivity contribution in [1.29, 1.82) is 0 Å². The number of carboxylic acids is 1. The SMILES string of the molecule is CC(C(=O)O)N(CC(=O)Nc1ccc(Cl)cc1)C1CC1. The van der Waals surface area contributed by atoms with Gasteiger partial charge >= 0.3 is 5.97 Å². The monoisotopic (exact) mass is 296 g/mol. The Kier molecular flexibility index (Phi) is 4.62. The third-order valence-electron chi connectivity index (χ3n) is 3.32. The fourth-order valence-electron chi connectivity index (χ4n) is 2.03. The van der Waals surface area contributed by atoms with Crippen LogP contribution in [0.5, 0.6) is 0 Å². The third kappa shape index (κ3) is 3.95. The normalized spacial score (nSPS) is 15.9. The predicted molar refractivity (Wildman–Crippen MR) is 76.9 cm³/mol. The lowest BCUT2D eigenvalue weighted by molar-refractivity contribution is -0.143. The van der Waals surface area contributed by atoms with Gasteiger partial charge in [0.1, 0.15) is 6.04 Å². The second-order valence-electron chi connectivity index (χ2n) is 4.97. The molecule has 1 aliphatic carbocycles. The van der Waals surface area contributed by atoms with Gasteiger partial charge in [-0.3, -0.25) is 14.5 Å². The van der Waals surface area contributed by atoms with Crippen molar-refractivity contribution in [3.8, 4) is 0 Å². The molecule has 0 saturated heterocycles. The number of anilines is 1. The molecule has 5 nitrogen and oxygen atoms in total. The Labute approximate surface area is 122 Å². The molecule has 0 radical (unpaired) electrons. The number of nitrogens with zero attached hydrogens (tertiary/aromatic N) is 1. The summed E-state index contributed by atoms with van der Waals surface area (Å²) in [5, 5.41) is 12.4. The Hall–Kier alpha value is -1.59. The van der Waals surface area contributed by atoms with Crippen molar-refractivity contribution in [2.24, 2.45) is 0 Å². The summed E-state index contributed by atoms with van der Waals surface area (Å²) in [6.45, 7) is 1.69. The number of benzene rings is 1. The van der Waals surface area contributed by atoms with E-state index in [0.717, 1.165) is 12.8 Å². The van der Waals surface area contributed by atoms with Gasteiger partial charge < -0.3 is 10.4 Å². The van der Waals surface area contributed by atoms with Gasteiger partial charge in [-0.15, -0.1) is 0 Å². The maximum Gasteiger partial charge on any atom is 0.320 e. The molecule has 2 N–H and O–H groups in total. The van der Waals surface area contributed by atoms with E-state index in [2.05, 4.69) is 5.32 Å². The maximum absolute atomic E-state index is 12.0. The average Bonchev–Trinajstić information content (AvgIpc) is 3.22. The molecule has 108 valence electrons. The van der Waals surface area contributed by atoms with E-state index in [1.54, 1.807) is 36.1 Å². The van der Waals surface area contributed by atoms with Crippen molar-refractivity contribution in [3.63, 3.8) is 0 Å². The summed E-state index contributed by atoms with van der Waals surface area (Å²) in [4.78, 5) is 24.8. The molecular formula is C14H17ClN2O3. The molecule has 20 heavy (non-hydrogen) atoms. The van der Waals surface area contributed by atoms with Gasteiger partial charge in [0, 0.05) is 16.8 Å². The van der Waals surface area contributed by atoms with E-state index in [9.17, 15) is 9.59 Å². The zero-order valence-corrected chi connectivity index (χ0v) is 11.9. The first kappa shape index (κ1) is 14.8. The highest BCUT2D eigenvalue weighted by Crippen LogP contribution is 2.28. The fourth-order valence-corrected chi connectivity index (χ4v) is 2.16. The Bertz CT molecular complexity index is 500. The van der Waals surface area contributed by atoms with E-state index >= 15 is 0 Å². The molecule has 1 aliphatic rings. The van der Waals surface area contributed by atoms with Crippen molar-refractivity contribution in [1.82, 2.24) is 4.90 Å². The number of amides is 1. The van der Waals surface area contributed by atoms with Gasteiger partial charge in [-0.2, -0.15) is 0 Å². The molecule has 1 saturated carbocycles. The van der Waals surface area contributed by atoms with Crippen LogP contribution in [0.1, 0.15) is 19.8 Å². The van der Waals surface area contributed by atoms with Crippen LogP contribution in [-0.4, -0.2) is 40.5 Å². The summed E-state index contributed by atoms with van der Waals surface area (Å²) in [6, 6.07) is 6.35. The van der Waals surface area contributed by atoms with Crippen molar-refractivity contribution >= 4 is 29.2 Å². The van der Waals surface area contributed by atoms with Crippen LogP contribution in [0.4, 0.5) is 5.69 Å². The van der Waals surface area contributed by atoms with Crippen molar-refractivity contribution in [3.05, 3.63) is 29.3 Å². The van der Waals surface area contributed by atoms with E-state index in [1.807, 2.05) is 0 Å². The largest absolute Gasteiger partial charge is 0.480 e. The number of carboxylic acid groups (broad SMARTS) is 1. The van der Waals surface area contributed by atoms with E-state index in [-0.39, 0.29) is 18.5 Å². The van der Waals surface area contributed by atoms with Crippen LogP contribution in [0.3, 0.4) is 0 Å². The molecule has 0 heterocycles. The average molecular weight is 297 g/mol. The highest BCUT2D eigenvalue weighted by molar-refractivity contribution is 6.30. The summed E-state index contributed by atoms with van der Waals surface area (Å²) >= 11 is 5.77. The van der Waals surface area contributed by atoms with Crippen LogP contribution in [0.2, 0.25) is 5.02 Å². The summed E-state index contributed by atoms with van der Waals surface area (Å²) in [5.74, 6) is -1.12. The van der Waals surface area contributed by atoms with Crippen LogP contribution in [-0.2, 0) is 9.59 Å². The molecule has 0 aromatic heterocycles. The number of carbonyl (C=O) groups is 2. The molecule has 1 amide bonds. The zero-order valence-electron chi connectivity index (χ0n) is 11.2. The molecule has 1 atom stereocenters. The minimum absolute atomic E-state index is 0.0841. The second kappa shape index (κ2) is 6.24. The first-order valence-corrected chi connectivity index (χ1v) is 6.89. The fraction of sp³-hybridized carbons (Fsp3) is 0.429. The van der Waals surface area contributed by atoms with E-state index in [1.165, 1.54) is 0 Å². The summed E-state index contributed by atoms with van der Waals surface area (Å²) in [5.41, 5.74) is 0.651. The Morgan fingerprint density at radius 1 is 1.40 bits per heavy atom. The van der Waals surface area contributed by atoms with Crippen molar-refractivity contribution < 1.29 is 14.7 Å². The predicted octanol–water partition coefficient (Wildman–Crippen LogP) is 2.22. The smallest absolute Gasteiger partial charge is 0.320 e. The number of hydrogen-bond donors (Lipinski definition) is 2. The van der Waals surface area contributed by atoms with Gasteiger partial charge in [0.15, 0.2) is 0 Å². The minimum Gasteiger partial charge on any atom is -0.480 e. The summed E-state index contributed by atoms with van der Waals surface area (Å²) < 4.78 is 0. The van der Waals surface area contributed by atoms with Gasteiger partial charge in [0.25, 0.3) is 0 Å². The van der Waals surface area contributed by atoms with E-state index in [0.29, 0.717) is 10.7 Å². The van der Waals surface area contributed by atoms with Gasteiger partial charge in [-0.05, 0) is 44.0 Å². The standard InChI is InChI=1S/C14H17ClN2O3/c1-9(14(19)20)17(12-6-7-12)8-13(18)16-11-4-2-10(15)3-5-11/h2-5,9,12H,6-8H2,1H3,(H,16,18)(H,19,20). The molecule has 6 heteroatoms. The number of halogens is 1. The molecule has 1 aromatic rings. The van der Waals surface area contributed by atoms with E-state index in [4.69, 9.17) is 16.7 Å². The quantitative estimate of drug-likeness (QED) is 0.844. The van der Waals surface area contributed by atoms with Gasteiger partial charge in [-0.25, -0.2) is 0 Å².